The average molecular weight is 241 g/mol. The monoisotopic (exact) mass is 241 g/mol. The van der Waals surface area contributed by atoms with Crippen molar-refractivity contribution in [3.8, 4) is 5.75 Å². The lowest BCUT2D eigenvalue weighted by molar-refractivity contribution is 0.00294. The fraction of sp³-hybridized carbons (Fsp3) is 0.538. The van der Waals surface area contributed by atoms with Crippen molar-refractivity contribution in [1.82, 2.24) is 0 Å². The zero-order chi connectivity index (χ0) is 12.5. The molecule has 0 amide bonds. The molecule has 1 atom stereocenters. The van der Waals surface area contributed by atoms with Crippen molar-refractivity contribution in [2.45, 2.75) is 32.1 Å². The second-order valence-electron chi connectivity index (χ2n) is 4.82. The minimum absolute atomic E-state index is 0.0234. The highest BCUT2D eigenvalue weighted by Crippen LogP contribution is 2.39. The summed E-state index contributed by atoms with van der Waals surface area (Å²) in [7, 11) is 0. The van der Waals surface area contributed by atoms with Crippen LogP contribution in [0.25, 0.3) is 0 Å². The predicted molar refractivity (Wildman–Crippen MR) is 63.4 cm³/mol. The minimum Gasteiger partial charge on any atom is -0.491 e. The second-order valence-corrected chi connectivity index (χ2v) is 4.82. The molecular formula is C13H17F2NO. The number of ether oxygens (including phenoxy) is 1. The van der Waals surface area contributed by atoms with Crippen molar-refractivity contribution in [3.05, 3.63) is 23.8 Å². The Bertz CT molecular complexity index is 406. The van der Waals surface area contributed by atoms with E-state index in [0.29, 0.717) is 24.5 Å². The summed E-state index contributed by atoms with van der Waals surface area (Å²) in [6.07, 6.45) is 0.432. The molecule has 0 aromatic heterocycles. The number of benzene rings is 1. The van der Waals surface area contributed by atoms with Crippen LogP contribution < -0.4 is 10.5 Å². The summed E-state index contributed by atoms with van der Waals surface area (Å²) in [4.78, 5) is 0. The Labute approximate surface area is 99.8 Å². The van der Waals surface area contributed by atoms with Gasteiger partial charge in [0, 0.05) is 12.8 Å². The summed E-state index contributed by atoms with van der Waals surface area (Å²) in [5.74, 6) is -1.98. The maximum absolute atomic E-state index is 13.0. The molecule has 0 radical (unpaired) electrons. The van der Waals surface area contributed by atoms with Crippen molar-refractivity contribution in [3.63, 3.8) is 0 Å². The Morgan fingerprint density at radius 3 is 2.82 bits per heavy atom. The molecule has 4 heteroatoms. The summed E-state index contributed by atoms with van der Waals surface area (Å²) in [6, 6.07) is 5.51. The first-order valence-electron chi connectivity index (χ1n) is 5.83. The third-order valence-electron chi connectivity index (χ3n) is 3.15. The summed E-state index contributed by atoms with van der Waals surface area (Å²) >= 11 is 0. The number of hydrogen-bond donors (Lipinski definition) is 1. The Kier molecular flexibility index (Phi) is 3.22. The zero-order valence-corrected chi connectivity index (χ0v) is 9.88. The van der Waals surface area contributed by atoms with Crippen molar-refractivity contribution in [2.24, 2.45) is 5.92 Å². The normalized spacial score (nSPS) is 22.6. The number of rotatable bonds is 3. The van der Waals surface area contributed by atoms with Crippen molar-refractivity contribution in [2.75, 3.05) is 12.3 Å². The van der Waals surface area contributed by atoms with Crippen LogP contribution in [0.4, 0.5) is 14.5 Å². The average Bonchev–Trinajstić information content (AvgIpc) is 2.57. The minimum atomic E-state index is -2.51. The molecule has 17 heavy (non-hydrogen) atoms. The van der Waals surface area contributed by atoms with Gasteiger partial charge in [-0.2, -0.15) is 0 Å². The number of aryl methyl sites for hydroxylation is 1. The zero-order valence-electron chi connectivity index (χ0n) is 9.88. The Morgan fingerprint density at radius 2 is 2.24 bits per heavy atom. The Balaban J connectivity index is 1.90. The van der Waals surface area contributed by atoms with Crippen LogP contribution >= 0.6 is 0 Å². The summed E-state index contributed by atoms with van der Waals surface area (Å²) in [5, 5.41) is 0. The molecule has 1 aliphatic carbocycles. The maximum atomic E-state index is 13.0. The number of nitrogens with two attached hydrogens (primary N) is 1. The van der Waals surface area contributed by atoms with Crippen LogP contribution in [0.1, 0.15) is 24.8 Å². The van der Waals surface area contributed by atoms with Crippen LogP contribution in [0, 0.1) is 12.8 Å². The molecule has 1 aliphatic rings. The van der Waals surface area contributed by atoms with E-state index in [4.69, 9.17) is 10.5 Å². The molecule has 0 heterocycles. The highest BCUT2D eigenvalue weighted by molar-refractivity contribution is 5.53. The van der Waals surface area contributed by atoms with Gasteiger partial charge in [0.1, 0.15) is 5.75 Å². The van der Waals surface area contributed by atoms with Crippen LogP contribution in [0.15, 0.2) is 18.2 Å². The van der Waals surface area contributed by atoms with Gasteiger partial charge in [0.15, 0.2) is 0 Å². The standard InChI is InChI=1S/C13H17F2NO/c1-9-2-3-12(11(16)6-9)17-8-10-4-5-13(14,15)7-10/h2-3,6,10H,4-5,7-8,16H2,1H3. The first kappa shape index (κ1) is 12.1. The lowest BCUT2D eigenvalue weighted by atomic mass is 10.1. The number of anilines is 1. The topological polar surface area (TPSA) is 35.2 Å². The van der Waals surface area contributed by atoms with Gasteiger partial charge in [0.05, 0.1) is 12.3 Å². The summed E-state index contributed by atoms with van der Waals surface area (Å²) in [6.45, 7) is 2.26. The molecule has 0 bridgehead atoms. The van der Waals surface area contributed by atoms with E-state index in [0.717, 1.165) is 5.56 Å². The summed E-state index contributed by atoms with van der Waals surface area (Å²) < 4.78 is 31.5. The van der Waals surface area contributed by atoms with Crippen molar-refractivity contribution in [1.29, 1.82) is 0 Å². The molecule has 1 unspecified atom stereocenters. The molecule has 1 saturated carbocycles. The smallest absolute Gasteiger partial charge is 0.248 e. The lowest BCUT2D eigenvalue weighted by Crippen LogP contribution is -2.14. The second kappa shape index (κ2) is 4.51. The molecule has 0 spiro atoms. The van der Waals surface area contributed by atoms with Crippen LogP contribution in [0.5, 0.6) is 5.75 Å². The quantitative estimate of drug-likeness (QED) is 0.823. The van der Waals surface area contributed by atoms with Gasteiger partial charge in [-0.05, 0) is 37.0 Å². The first-order valence-corrected chi connectivity index (χ1v) is 5.83. The van der Waals surface area contributed by atoms with E-state index < -0.39 is 5.92 Å². The predicted octanol–water partition coefficient (Wildman–Crippen LogP) is 3.39. The van der Waals surface area contributed by atoms with E-state index in [1.54, 1.807) is 6.07 Å². The molecule has 0 saturated heterocycles. The van der Waals surface area contributed by atoms with Gasteiger partial charge in [-0.3, -0.25) is 0 Å². The number of nitrogen functional groups attached to an aromatic ring is 1. The van der Waals surface area contributed by atoms with Crippen molar-refractivity contribution >= 4 is 5.69 Å². The van der Waals surface area contributed by atoms with Gasteiger partial charge >= 0.3 is 0 Å². The van der Waals surface area contributed by atoms with Gasteiger partial charge < -0.3 is 10.5 Å². The van der Waals surface area contributed by atoms with E-state index in [1.165, 1.54) is 0 Å². The fourth-order valence-corrected chi connectivity index (χ4v) is 2.19. The molecule has 94 valence electrons. The highest BCUT2D eigenvalue weighted by atomic mass is 19.3. The van der Waals surface area contributed by atoms with E-state index in [-0.39, 0.29) is 18.8 Å². The van der Waals surface area contributed by atoms with Crippen LogP contribution in [0.2, 0.25) is 0 Å². The first-order chi connectivity index (χ1) is 7.96. The van der Waals surface area contributed by atoms with E-state index >= 15 is 0 Å². The largest absolute Gasteiger partial charge is 0.491 e. The van der Waals surface area contributed by atoms with E-state index in [9.17, 15) is 8.78 Å². The molecule has 2 nitrogen and oxygen atoms in total. The van der Waals surface area contributed by atoms with Crippen LogP contribution in [0.3, 0.4) is 0 Å². The van der Waals surface area contributed by atoms with Gasteiger partial charge in [-0.1, -0.05) is 6.07 Å². The van der Waals surface area contributed by atoms with Gasteiger partial charge in [0.2, 0.25) is 5.92 Å². The third-order valence-corrected chi connectivity index (χ3v) is 3.15. The lowest BCUT2D eigenvalue weighted by Gasteiger charge is -2.14. The maximum Gasteiger partial charge on any atom is 0.248 e. The number of hydrogen-bond acceptors (Lipinski definition) is 2. The van der Waals surface area contributed by atoms with E-state index in [1.807, 2.05) is 19.1 Å². The number of halogens is 2. The molecule has 0 aliphatic heterocycles. The van der Waals surface area contributed by atoms with Crippen LogP contribution in [-0.4, -0.2) is 12.5 Å². The molecule has 2 N–H and O–H groups in total. The molecule has 1 aromatic carbocycles. The fourth-order valence-electron chi connectivity index (χ4n) is 2.19. The SMILES string of the molecule is Cc1ccc(OCC2CCC(F)(F)C2)c(N)c1. The highest BCUT2D eigenvalue weighted by Gasteiger charge is 2.39. The third kappa shape index (κ3) is 3.08. The Hall–Kier alpha value is -1.32. The Morgan fingerprint density at radius 1 is 1.47 bits per heavy atom. The summed E-state index contributed by atoms with van der Waals surface area (Å²) in [5.41, 5.74) is 7.41. The van der Waals surface area contributed by atoms with E-state index in [2.05, 4.69) is 0 Å². The van der Waals surface area contributed by atoms with Gasteiger partial charge in [-0.15, -0.1) is 0 Å². The molecular weight excluding hydrogens is 224 g/mol. The van der Waals surface area contributed by atoms with Gasteiger partial charge in [-0.25, -0.2) is 8.78 Å². The number of alkyl halides is 2. The molecule has 1 fully saturated rings. The molecule has 2 rings (SSSR count). The van der Waals surface area contributed by atoms with Crippen LogP contribution in [-0.2, 0) is 0 Å². The van der Waals surface area contributed by atoms with Crippen molar-refractivity contribution < 1.29 is 13.5 Å². The van der Waals surface area contributed by atoms with Gasteiger partial charge in [0.25, 0.3) is 0 Å². The molecule has 1 aromatic rings.